The number of fused-ring (bicyclic) bond motifs is 4. The van der Waals surface area contributed by atoms with E-state index in [0.717, 1.165) is 5.56 Å². The molecule has 1 aliphatic heterocycles. The molecule has 0 fully saturated rings. The molecule has 37 heavy (non-hydrogen) atoms. The summed E-state index contributed by atoms with van der Waals surface area (Å²) in [7, 11) is 0. The molecule has 3 aromatic carbocycles. The second-order valence-corrected chi connectivity index (χ2v) is 8.83. The molecule has 0 saturated carbocycles. The van der Waals surface area contributed by atoms with Gasteiger partial charge in [-0.1, -0.05) is 24.3 Å². The molecule has 3 heterocycles. The van der Waals surface area contributed by atoms with Crippen LogP contribution in [0.3, 0.4) is 0 Å². The zero-order valence-electron chi connectivity index (χ0n) is 19.3. The van der Waals surface area contributed by atoms with Gasteiger partial charge in [-0.15, -0.1) is 0 Å². The predicted octanol–water partition coefficient (Wildman–Crippen LogP) is 5.61. The van der Waals surface area contributed by atoms with Crippen molar-refractivity contribution in [2.75, 3.05) is 0 Å². The standard InChI is InChI=1S/C27H19F3N4O3/c28-20-12-21-18(8-9-31-21)25(30)26(20)37-17-6-4-16-13-34-27(19(16)11-17)32-22(33-34)10-15-3-1-2-14(24(15)29)5-7-23(35)36/h1-4,6,8-9,11-12,31H,5,7,10,13H2,(H,35,36). The van der Waals surface area contributed by atoms with Gasteiger partial charge >= 0.3 is 5.97 Å². The van der Waals surface area contributed by atoms with Crippen molar-refractivity contribution >= 4 is 16.9 Å². The van der Waals surface area contributed by atoms with Crippen LogP contribution in [0.4, 0.5) is 13.2 Å². The van der Waals surface area contributed by atoms with Crippen molar-refractivity contribution in [3.05, 3.63) is 94.7 Å². The molecule has 186 valence electrons. The molecule has 0 spiro atoms. The van der Waals surface area contributed by atoms with Gasteiger partial charge in [0.1, 0.15) is 11.6 Å². The highest BCUT2D eigenvalue weighted by Gasteiger charge is 2.25. The van der Waals surface area contributed by atoms with Gasteiger partial charge in [0.05, 0.1) is 12.1 Å². The lowest BCUT2D eigenvalue weighted by Crippen LogP contribution is -2.03. The second-order valence-electron chi connectivity index (χ2n) is 8.83. The van der Waals surface area contributed by atoms with E-state index in [2.05, 4.69) is 15.1 Å². The van der Waals surface area contributed by atoms with E-state index < -0.39 is 29.2 Å². The van der Waals surface area contributed by atoms with E-state index in [-0.39, 0.29) is 30.4 Å². The van der Waals surface area contributed by atoms with Gasteiger partial charge in [-0.25, -0.2) is 22.8 Å². The summed E-state index contributed by atoms with van der Waals surface area (Å²) in [6.07, 6.45) is 1.59. The SMILES string of the molecule is O=C(O)CCc1cccc(Cc2nc3n(n2)Cc2ccc(Oc4c(F)cc5[nH]ccc5c4F)cc2-3)c1F. The third kappa shape index (κ3) is 4.10. The van der Waals surface area contributed by atoms with E-state index in [0.29, 0.717) is 40.4 Å². The summed E-state index contributed by atoms with van der Waals surface area (Å²) < 4.78 is 51.6. The number of hydrogen-bond donors (Lipinski definition) is 2. The predicted molar refractivity (Wildman–Crippen MR) is 128 cm³/mol. The van der Waals surface area contributed by atoms with E-state index in [9.17, 15) is 18.0 Å². The Morgan fingerprint density at radius 3 is 2.76 bits per heavy atom. The first kappa shape index (κ1) is 22.8. The molecule has 0 radical (unpaired) electrons. The maximum absolute atomic E-state index is 14.9. The molecule has 2 aromatic heterocycles. The number of aromatic amines is 1. The average Bonchev–Trinajstić information content (AvgIpc) is 3.57. The molecular weight excluding hydrogens is 485 g/mol. The van der Waals surface area contributed by atoms with Gasteiger partial charge in [-0.05, 0) is 41.3 Å². The van der Waals surface area contributed by atoms with Crippen LogP contribution in [0.5, 0.6) is 11.5 Å². The lowest BCUT2D eigenvalue weighted by molar-refractivity contribution is -0.136. The Morgan fingerprint density at radius 1 is 1.08 bits per heavy atom. The molecule has 0 bridgehead atoms. The van der Waals surface area contributed by atoms with Crippen molar-refractivity contribution in [2.24, 2.45) is 0 Å². The molecular formula is C27H19F3N4O3. The topological polar surface area (TPSA) is 93.0 Å². The van der Waals surface area contributed by atoms with Crippen molar-refractivity contribution in [3.8, 4) is 22.9 Å². The number of H-pyrrole nitrogens is 1. The number of aromatic nitrogens is 4. The van der Waals surface area contributed by atoms with Crippen LogP contribution in [0.2, 0.25) is 0 Å². The zero-order valence-corrected chi connectivity index (χ0v) is 19.3. The quantitative estimate of drug-likeness (QED) is 0.295. The molecule has 1 aliphatic rings. The third-order valence-electron chi connectivity index (χ3n) is 6.40. The highest BCUT2D eigenvalue weighted by Crippen LogP contribution is 2.37. The lowest BCUT2D eigenvalue weighted by Gasteiger charge is -2.10. The Labute approximate surface area is 208 Å². The normalized spacial score (nSPS) is 12.1. The molecule has 0 amide bonds. The van der Waals surface area contributed by atoms with Crippen LogP contribution in [0, 0.1) is 17.5 Å². The van der Waals surface area contributed by atoms with Crippen LogP contribution in [-0.2, 0) is 24.2 Å². The fraction of sp³-hybridized carbons (Fsp3) is 0.148. The zero-order chi connectivity index (χ0) is 25.7. The van der Waals surface area contributed by atoms with E-state index in [1.807, 2.05) is 0 Å². The summed E-state index contributed by atoms with van der Waals surface area (Å²) in [5.74, 6) is -2.39. The van der Waals surface area contributed by atoms with Gasteiger partial charge in [-0.3, -0.25) is 4.79 Å². The molecule has 5 aromatic rings. The van der Waals surface area contributed by atoms with Crippen molar-refractivity contribution in [1.29, 1.82) is 0 Å². The van der Waals surface area contributed by atoms with Crippen molar-refractivity contribution < 1.29 is 27.8 Å². The number of benzene rings is 3. The molecule has 2 N–H and O–H groups in total. The van der Waals surface area contributed by atoms with Gasteiger partial charge in [0.25, 0.3) is 0 Å². The van der Waals surface area contributed by atoms with E-state index in [1.54, 1.807) is 41.1 Å². The van der Waals surface area contributed by atoms with Crippen molar-refractivity contribution in [3.63, 3.8) is 0 Å². The van der Waals surface area contributed by atoms with E-state index in [4.69, 9.17) is 9.84 Å². The smallest absolute Gasteiger partial charge is 0.303 e. The minimum atomic E-state index is -0.991. The molecule has 0 atom stereocenters. The summed E-state index contributed by atoms with van der Waals surface area (Å²) in [6.45, 7) is 0.442. The number of carboxylic acids is 1. The van der Waals surface area contributed by atoms with Crippen LogP contribution in [0.25, 0.3) is 22.3 Å². The molecule has 7 nitrogen and oxygen atoms in total. The van der Waals surface area contributed by atoms with Gasteiger partial charge in [0.15, 0.2) is 29.0 Å². The van der Waals surface area contributed by atoms with Crippen LogP contribution >= 0.6 is 0 Å². The summed E-state index contributed by atoms with van der Waals surface area (Å²) >= 11 is 0. The summed E-state index contributed by atoms with van der Waals surface area (Å²) in [5.41, 5.74) is 2.65. The van der Waals surface area contributed by atoms with Crippen LogP contribution in [0.15, 0.2) is 54.7 Å². The van der Waals surface area contributed by atoms with Gasteiger partial charge in [0, 0.05) is 36.1 Å². The Bertz CT molecular complexity index is 1690. The maximum Gasteiger partial charge on any atom is 0.303 e. The van der Waals surface area contributed by atoms with Crippen LogP contribution in [0.1, 0.15) is 28.9 Å². The number of ether oxygens (including phenoxy) is 1. The number of carboxylic acid groups (broad SMARTS) is 1. The van der Waals surface area contributed by atoms with Crippen LogP contribution in [-0.4, -0.2) is 30.8 Å². The molecule has 6 rings (SSSR count). The van der Waals surface area contributed by atoms with Gasteiger partial charge < -0.3 is 14.8 Å². The number of carbonyl (C=O) groups is 1. The van der Waals surface area contributed by atoms with E-state index >= 15 is 0 Å². The van der Waals surface area contributed by atoms with Gasteiger partial charge in [0.2, 0.25) is 0 Å². The fourth-order valence-electron chi connectivity index (χ4n) is 4.60. The number of hydrogen-bond acceptors (Lipinski definition) is 4. The summed E-state index contributed by atoms with van der Waals surface area (Å²) in [4.78, 5) is 18.2. The first-order chi connectivity index (χ1) is 17.9. The molecule has 0 unspecified atom stereocenters. The Morgan fingerprint density at radius 2 is 1.92 bits per heavy atom. The highest BCUT2D eigenvalue weighted by atomic mass is 19.1. The van der Waals surface area contributed by atoms with Crippen molar-refractivity contribution in [2.45, 2.75) is 25.8 Å². The fourth-order valence-corrected chi connectivity index (χ4v) is 4.60. The van der Waals surface area contributed by atoms with E-state index in [1.165, 1.54) is 18.3 Å². The molecule has 0 aliphatic carbocycles. The second kappa shape index (κ2) is 8.81. The maximum atomic E-state index is 14.9. The minimum Gasteiger partial charge on any atom is -0.481 e. The summed E-state index contributed by atoms with van der Waals surface area (Å²) in [5, 5.41) is 13.6. The summed E-state index contributed by atoms with van der Waals surface area (Å²) in [6, 6.07) is 12.6. The molecule has 10 heteroatoms. The lowest BCUT2D eigenvalue weighted by atomic mass is 10.0. The number of nitrogens with one attached hydrogen (secondary N) is 1. The van der Waals surface area contributed by atoms with Crippen molar-refractivity contribution in [1.82, 2.24) is 19.7 Å². The number of rotatable bonds is 7. The first-order valence-electron chi connectivity index (χ1n) is 11.6. The third-order valence-corrected chi connectivity index (χ3v) is 6.40. The number of halogens is 3. The van der Waals surface area contributed by atoms with Gasteiger partial charge in [-0.2, -0.15) is 5.10 Å². The molecule has 0 saturated heterocycles. The number of nitrogens with zero attached hydrogens (tertiary/aromatic N) is 3. The highest BCUT2D eigenvalue weighted by molar-refractivity contribution is 5.82. The largest absolute Gasteiger partial charge is 0.481 e. The average molecular weight is 504 g/mol. The first-order valence-corrected chi connectivity index (χ1v) is 11.6. The number of aliphatic carboxylic acids is 1. The monoisotopic (exact) mass is 504 g/mol. The Balaban J connectivity index is 1.26. The Hall–Kier alpha value is -4.60. The number of aryl methyl sites for hydroxylation is 1. The Kier molecular flexibility index (Phi) is 5.44. The van der Waals surface area contributed by atoms with Crippen LogP contribution < -0.4 is 4.74 Å². The minimum absolute atomic E-state index is 0.0937.